The molecule has 3 aromatic rings. The van der Waals surface area contributed by atoms with Crippen LogP contribution in [0.5, 0.6) is 5.75 Å². The van der Waals surface area contributed by atoms with E-state index in [4.69, 9.17) is 20.4 Å². The van der Waals surface area contributed by atoms with E-state index in [9.17, 15) is 4.79 Å². The van der Waals surface area contributed by atoms with E-state index < -0.39 is 8.32 Å². The number of hydrogen-bond acceptors (Lipinski definition) is 3. The summed E-state index contributed by atoms with van der Waals surface area (Å²) in [5, 5.41) is 1.95. The highest BCUT2D eigenvalue weighted by Gasteiger charge is 2.40. The van der Waals surface area contributed by atoms with Crippen LogP contribution in [0.3, 0.4) is 0 Å². The van der Waals surface area contributed by atoms with Gasteiger partial charge in [0, 0.05) is 16.0 Å². The monoisotopic (exact) mass is 386 g/mol. The molecule has 1 aromatic heterocycles. The SMILES string of the molecule is CC(C)(C)[Si](C)(C)Oc1c(-c2ccc(Cl)cc2)oc(=O)c2ccccc12. The van der Waals surface area contributed by atoms with Gasteiger partial charge in [0.2, 0.25) is 0 Å². The lowest BCUT2D eigenvalue weighted by Crippen LogP contribution is -2.44. The second-order valence-corrected chi connectivity index (χ2v) is 13.1. The van der Waals surface area contributed by atoms with Crippen molar-refractivity contribution in [1.82, 2.24) is 0 Å². The summed E-state index contributed by atoms with van der Waals surface area (Å²) in [5.74, 6) is 1.09. The van der Waals surface area contributed by atoms with Crippen LogP contribution in [-0.2, 0) is 0 Å². The molecule has 0 fully saturated rings. The first-order chi connectivity index (χ1) is 12.1. The van der Waals surface area contributed by atoms with Gasteiger partial charge < -0.3 is 8.84 Å². The molecule has 3 rings (SSSR count). The lowest BCUT2D eigenvalue weighted by molar-refractivity contribution is 0.461. The molecule has 0 N–H and O–H groups in total. The molecule has 0 aliphatic heterocycles. The Kier molecular flexibility index (Phi) is 4.76. The first-order valence-corrected chi connectivity index (χ1v) is 11.9. The first-order valence-electron chi connectivity index (χ1n) is 8.61. The van der Waals surface area contributed by atoms with Crippen molar-refractivity contribution < 1.29 is 8.84 Å². The fourth-order valence-corrected chi connectivity index (χ4v) is 3.62. The number of halogens is 1. The van der Waals surface area contributed by atoms with Gasteiger partial charge in [-0.1, -0.05) is 50.6 Å². The van der Waals surface area contributed by atoms with E-state index in [1.165, 1.54) is 0 Å². The Morgan fingerprint density at radius 2 is 1.54 bits per heavy atom. The topological polar surface area (TPSA) is 39.4 Å². The average molecular weight is 387 g/mol. The highest BCUT2D eigenvalue weighted by atomic mass is 35.5. The van der Waals surface area contributed by atoms with Crippen LogP contribution in [0.2, 0.25) is 23.2 Å². The summed E-state index contributed by atoms with van der Waals surface area (Å²) >= 11 is 6.01. The predicted octanol–water partition coefficient (Wildman–Crippen LogP) is 6.50. The number of hydrogen-bond donors (Lipinski definition) is 0. The van der Waals surface area contributed by atoms with Crippen molar-refractivity contribution in [3.05, 3.63) is 64.0 Å². The van der Waals surface area contributed by atoms with Crippen LogP contribution in [0.1, 0.15) is 20.8 Å². The molecule has 0 radical (unpaired) electrons. The summed E-state index contributed by atoms with van der Waals surface area (Å²) in [4.78, 5) is 12.5. The van der Waals surface area contributed by atoms with E-state index in [-0.39, 0.29) is 10.7 Å². The summed E-state index contributed by atoms with van der Waals surface area (Å²) in [5.41, 5.74) is 0.402. The quantitative estimate of drug-likeness (QED) is 0.482. The zero-order valence-corrected chi connectivity index (χ0v) is 17.5. The van der Waals surface area contributed by atoms with Crippen LogP contribution in [-0.4, -0.2) is 8.32 Å². The third-order valence-corrected chi connectivity index (χ3v) is 9.64. The van der Waals surface area contributed by atoms with Crippen LogP contribution in [0.4, 0.5) is 0 Å². The molecular formula is C21H23ClO3Si. The molecule has 0 aliphatic carbocycles. The van der Waals surface area contributed by atoms with Crippen molar-refractivity contribution in [1.29, 1.82) is 0 Å². The van der Waals surface area contributed by atoms with Crippen molar-refractivity contribution in [2.24, 2.45) is 0 Å². The lowest BCUT2D eigenvalue weighted by atomic mass is 10.1. The minimum atomic E-state index is -2.14. The Labute approximate surface area is 159 Å². The van der Waals surface area contributed by atoms with Gasteiger partial charge in [-0.25, -0.2) is 4.79 Å². The number of benzene rings is 2. The summed E-state index contributed by atoms with van der Waals surface area (Å²) in [7, 11) is -2.14. The lowest BCUT2D eigenvalue weighted by Gasteiger charge is -2.37. The van der Waals surface area contributed by atoms with Crippen molar-refractivity contribution in [3.8, 4) is 17.1 Å². The first kappa shape index (κ1) is 18.7. The maximum atomic E-state index is 12.5. The van der Waals surface area contributed by atoms with Gasteiger partial charge in [-0.15, -0.1) is 0 Å². The standard InChI is InChI=1S/C21H23ClO3Si/c1-21(2,3)26(4,5)25-19-16-8-6-7-9-17(16)20(23)24-18(19)14-10-12-15(22)13-11-14/h6-13H,1-5H3. The Morgan fingerprint density at radius 1 is 0.962 bits per heavy atom. The van der Waals surface area contributed by atoms with Gasteiger partial charge in [0.05, 0.1) is 5.39 Å². The zero-order valence-electron chi connectivity index (χ0n) is 15.7. The molecule has 3 nitrogen and oxygen atoms in total. The summed E-state index contributed by atoms with van der Waals surface area (Å²) in [6, 6.07) is 14.7. The van der Waals surface area contributed by atoms with Crippen LogP contribution in [0, 0.1) is 0 Å². The minimum absolute atomic E-state index is 0.0154. The number of fused-ring (bicyclic) bond motifs is 1. The smallest absolute Gasteiger partial charge is 0.344 e. The van der Waals surface area contributed by atoms with Crippen molar-refractivity contribution in [2.45, 2.75) is 38.9 Å². The third kappa shape index (κ3) is 3.44. The van der Waals surface area contributed by atoms with Gasteiger partial charge in [0.25, 0.3) is 8.32 Å². The summed E-state index contributed by atoms with van der Waals surface area (Å²) < 4.78 is 12.3. The molecule has 2 aromatic carbocycles. The van der Waals surface area contributed by atoms with Gasteiger partial charge in [-0.2, -0.15) is 0 Å². The Hall–Kier alpha value is -2.04. The molecule has 5 heteroatoms. The molecule has 1 heterocycles. The second kappa shape index (κ2) is 6.60. The molecule has 0 saturated heterocycles. The minimum Gasteiger partial charge on any atom is -0.541 e. The van der Waals surface area contributed by atoms with Gasteiger partial charge in [-0.05, 0) is 48.5 Å². The summed E-state index contributed by atoms with van der Waals surface area (Å²) in [6.45, 7) is 10.9. The van der Waals surface area contributed by atoms with E-state index >= 15 is 0 Å². The van der Waals surface area contributed by atoms with Crippen LogP contribution in [0.25, 0.3) is 22.1 Å². The molecule has 136 valence electrons. The molecule has 0 unspecified atom stereocenters. The van der Waals surface area contributed by atoms with Crippen LogP contribution in [0.15, 0.2) is 57.7 Å². The van der Waals surface area contributed by atoms with Gasteiger partial charge >= 0.3 is 5.63 Å². The van der Waals surface area contributed by atoms with Gasteiger partial charge in [0.15, 0.2) is 11.5 Å². The maximum Gasteiger partial charge on any atom is 0.344 e. The molecular weight excluding hydrogens is 364 g/mol. The molecule has 0 spiro atoms. The maximum absolute atomic E-state index is 12.5. The highest BCUT2D eigenvalue weighted by Crippen LogP contribution is 2.42. The normalized spacial score (nSPS) is 12.4. The Balaban J connectivity index is 2.30. The largest absolute Gasteiger partial charge is 0.541 e. The van der Waals surface area contributed by atoms with Crippen LogP contribution >= 0.6 is 11.6 Å². The van der Waals surface area contributed by atoms with Crippen molar-refractivity contribution >= 4 is 30.7 Å². The molecule has 0 aliphatic rings. The van der Waals surface area contributed by atoms with Crippen LogP contribution < -0.4 is 10.1 Å². The predicted molar refractivity (Wildman–Crippen MR) is 111 cm³/mol. The van der Waals surface area contributed by atoms with E-state index in [1.54, 1.807) is 18.2 Å². The molecule has 0 amide bonds. The fourth-order valence-electron chi connectivity index (χ4n) is 2.48. The molecule has 26 heavy (non-hydrogen) atoms. The zero-order chi connectivity index (χ0) is 19.1. The second-order valence-electron chi connectivity index (χ2n) is 7.96. The van der Waals surface area contributed by atoms with Gasteiger partial charge in [-0.3, -0.25) is 0 Å². The van der Waals surface area contributed by atoms with Crippen molar-refractivity contribution in [2.75, 3.05) is 0 Å². The van der Waals surface area contributed by atoms with E-state index in [1.807, 2.05) is 30.3 Å². The molecule has 0 saturated carbocycles. The van der Waals surface area contributed by atoms with Gasteiger partial charge in [0.1, 0.15) is 0 Å². The summed E-state index contributed by atoms with van der Waals surface area (Å²) in [6.07, 6.45) is 0. The average Bonchev–Trinajstić information content (AvgIpc) is 2.57. The highest BCUT2D eigenvalue weighted by molar-refractivity contribution is 6.74. The Morgan fingerprint density at radius 3 is 2.12 bits per heavy atom. The Bertz CT molecular complexity index is 998. The third-order valence-electron chi connectivity index (χ3n) is 5.06. The van der Waals surface area contributed by atoms with E-state index in [2.05, 4.69) is 33.9 Å². The molecule has 0 bridgehead atoms. The van der Waals surface area contributed by atoms with E-state index in [0.29, 0.717) is 21.9 Å². The fraction of sp³-hybridized carbons (Fsp3) is 0.286. The van der Waals surface area contributed by atoms with E-state index in [0.717, 1.165) is 10.9 Å². The number of rotatable bonds is 3. The van der Waals surface area contributed by atoms with Crippen molar-refractivity contribution in [3.63, 3.8) is 0 Å². The molecule has 0 atom stereocenters.